The van der Waals surface area contributed by atoms with Crippen LogP contribution in [0.2, 0.25) is 0 Å². The number of carbonyl (C=O) groups is 1. The van der Waals surface area contributed by atoms with E-state index in [1.54, 1.807) is 18.3 Å². The summed E-state index contributed by atoms with van der Waals surface area (Å²) in [5, 5.41) is 6.54. The van der Waals surface area contributed by atoms with Crippen molar-refractivity contribution in [3.63, 3.8) is 0 Å². The van der Waals surface area contributed by atoms with Crippen molar-refractivity contribution in [3.05, 3.63) is 72.4 Å². The Balaban J connectivity index is 1.34. The summed E-state index contributed by atoms with van der Waals surface area (Å²) >= 11 is 0. The highest BCUT2D eigenvalue weighted by Crippen LogP contribution is 2.45. The molecule has 3 aromatic rings. The topological polar surface area (TPSA) is 105 Å². The van der Waals surface area contributed by atoms with Crippen molar-refractivity contribution in [1.82, 2.24) is 9.97 Å². The molecule has 8 nitrogen and oxygen atoms in total. The minimum absolute atomic E-state index is 0.0814. The monoisotopic (exact) mass is 518 g/mol. The molecule has 196 valence electrons. The first kappa shape index (κ1) is 24.3. The van der Waals surface area contributed by atoms with Gasteiger partial charge < -0.3 is 26.0 Å². The van der Waals surface area contributed by atoms with Gasteiger partial charge >= 0.3 is 0 Å². The van der Waals surface area contributed by atoms with Crippen LogP contribution in [-0.2, 0) is 9.53 Å². The van der Waals surface area contributed by atoms with Gasteiger partial charge in [0, 0.05) is 42.3 Å². The summed E-state index contributed by atoms with van der Waals surface area (Å²) in [6.45, 7) is 2.52. The quantitative estimate of drug-likeness (QED) is 0.405. The van der Waals surface area contributed by atoms with Gasteiger partial charge in [0.25, 0.3) is 0 Å². The Morgan fingerprint density at radius 2 is 1.87 bits per heavy atom. The minimum atomic E-state index is -0.385. The molecule has 2 aromatic carbocycles. The number of aromatic nitrogens is 2. The molecule has 4 atom stereocenters. The summed E-state index contributed by atoms with van der Waals surface area (Å²) in [6, 6.07) is 10.6. The molecule has 1 aliphatic heterocycles. The van der Waals surface area contributed by atoms with Gasteiger partial charge in [-0.2, -0.15) is 4.98 Å². The fourth-order valence-corrected chi connectivity index (χ4v) is 5.76. The number of hydrogen-bond acceptors (Lipinski definition) is 7. The Bertz CT molecular complexity index is 1390. The third kappa shape index (κ3) is 4.79. The van der Waals surface area contributed by atoms with Gasteiger partial charge in [-0.1, -0.05) is 24.3 Å². The van der Waals surface area contributed by atoms with E-state index in [9.17, 15) is 13.6 Å². The average Bonchev–Trinajstić information content (AvgIpc) is 3.51. The summed E-state index contributed by atoms with van der Waals surface area (Å²) in [5.74, 6) is -0.629. The number of hydrogen-bond donors (Lipinski definition) is 3. The van der Waals surface area contributed by atoms with Gasteiger partial charge in [-0.25, -0.2) is 13.8 Å². The number of nitrogens with two attached hydrogens (primary N) is 1. The second-order valence-corrected chi connectivity index (χ2v) is 9.94. The molecule has 2 fully saturated rings. The van der Waals surface area contributed by atoms with E-state index in [-0.39, 0.29) is 47.3 Å². The van der Waals surface area contributed by atoms with Crippen LogP contribution in [-0.4, -0.2) is 48.2 Å². The maximum atomic E-state index is 14.5. The highest BCUT2D eigenvalue weighted by atomic mass is 19.1. The highest BCUT2D eigenvalue weighted by molar-refractivity contribution is 5.81. The van der Waals surface area contributed by atoms with Crippen molar-refractivity contribution in [2.45, 2.75) is 12.5 Å². The van der Waals surface area contributed by atoms with E-state index in [0.717, 1.165) is 12.1 Å². The van der Waals surface area contributed by atoms with E-state index in [1.165, 1.54) is 24.3 Å². The molecule has 0 spiro atoms. The van der Waals surface area contributed by atoms with Gasteiger partial charge in [-0.3, -0.25) is 4.79 Å². The standard InChI is InChI=1S/C28H28F2N6O2/c29-19-3-1-2-16(11-19)23-15-32-28(33-21-12-20(30)13-22(14-21)36-6-8-38-9-7-36)35-27(23)34-25-18-5-4-17(10-18)24(25)26(31)37/h1-5,11-15,17-18,24-25H,6-10H2,(H2,31,37)(H2,32,33,34,35)/t17-,18+,24+,25-/m1/s1. The van der Waals surface area contributed by atoms with Crippen molar-refractivity contribution in [1.29, 1.82) is 0 Å². The van der Waals surface area contributed by atoms with Crippen molar-refractivity contribution in [2.24, 2.45) is 23.5 Å². The molecule has 2 bridgehead atoms. The number of amides is 1. The number of morpholine rings is 1. The van der Waals surface area contributed by atoms with Crippen LogP contribution in [0.4, 0.5) is 31.9 Å². The second kappa shape index (κ2) is 10.0. The number of anilines is 4. The number of nitrogens with zero attached hydrogens (tertiary/aromatic N) is 3. The van der Waals surface area contributed by atoms with Crippen LogP contribution < -0.4 is 21.3 Å². The number of fused-ring (bicyclic) bond motifs is 2. The van der Waals surface area contributed by atoms with Crippen LogP contribution in [0.25, 0.3) is 11.1 Å². The van der Waals surface area contributed by atoms with Gasteiger partial charge in [0.15, 0.2) is 0 Å². The molecule has 10 heteroatoms. The molecule has 38 heavy (non-hydrogen) atoms. The van der Waals surface area contributed by atoms with Gasteiger partial charge in [-0.05, 0) is 54.2 Å². The molecule has 1 saturated carbocycles. The number of ether oxygens (including phenoxy) is 1. The molecular weight excluding hydrogens is 490 g/mol. The first-order valence-corrected chi connectivity index (χ1v) is 12.7. The van der Waals surface area contributed by atoms with Gasteiger partial charge in [0.05, 0.1) is 19.1 Å². The molecule has 4 N–H and O–H groups in total. The van der Waals surface area contributed by atoms with Crippen LogP contribution >= 0.6 is 0 Å². The largest absolute Gasteiger partial charge is 0.378 e. The van der Waals surface area contributed by atoms with E-state index in [4.69, 9.17) is 15.5 Å². The molecule has 0 radical (unpaired) electrons. The lowest BCUT2D eigenvalue weighted by atomic mass is 9.88. The number of rotatable bonds is 7. The number of primary amides is 1. The van der Waals surface area contributed by atoms with Crippen molar-refractivity contribution in [2.75, 3.05) is 41.8 Å². The predicted molar refractivity (Wildman–Crippen MR) is 141 cm³/mol. The Labute approximate surface area is 218 Å². The molecule has 2 aliphatic carbocycles. The number of nitrogens with one attached hydrogen (secondary N) is 2. The SMILES string of the molecule is NC(=O)[C@@H]1[C@H](Nc2nc(Nc3cc(F)cc(N4CCOCC4)c3)ncc2-c2cccc(F)c2)[C@H]2C=C[C@@H]1C2. The summed E-state index contributed by atoms with van der Waals surface area (Å²) in [5.41, 5.74) is 8.17. The lowest BCUT2D eigenvalue weighted by molar-refractivity contribution is -0.122. The summed E-state index contributed by atoms with van der Waals surface area (Å²) in [4.78, 5) is 23.5. The molecular formula is C28H28F2N6O2. The summed E-state index contributed by atoms with van der Waals surface area (Å²) < 4.78 is 34.0. The number of carbonyl (C=O) groups excluding carboxylic acids is 1. The zero-order chi connectivity index (χ0) is 26.2. The molecule has 1 saturated heterocycles. The van der Waals surface area contributed by atoms with Crippen LogP contribution in [0, 0.1) is 29.4 Å². The number of benzene rings is 2. The molecule has 6 rings (SSSR count). The van der Waals surface area contributed by atoms with Gasteiger partial charge in [0.2, 0.25) is 11.9 Å². The molecule has 3 aliphatic rings. The van der Waals surface area contributed by atoms with Crippen LogP contribution in [0.3, 0.4) is 0 Å². The smallest absolute Gasteiger partial charge is 0.229 e. The van der Waals surface area contributed by atoms with Crippen molar-refractivity contribution < 1.29 is 18.3 Å². The van der Waals surface area contributed by atoms with E-state index in [2.05, 4.69) is 32.7 Å². The van der Waals surface area contributed by atoms with E-state index in [1.807, 2.05) is 6.07 Å². The predicted octanol–water partition coefficient (Wildman–Crippen LogP) is 4.09. The highest BCUT2D eigenvalue weighted by Gasteiger charge is 2.47. The molecule has 0 unspecified atom stereocenters. The lowest BCUT2D eigenvalue weighted by Crippen LogP contribution is -2.41. The van der Waals surface area contributed by atoms with Gasteiger partial charge in [-0.15, -0.1) is 0 Å². The lowest BCUT2D eigenvalue weighted by Gasteiger charge is -2.29. The van der Waals surface area contributed by atoms with Crippen LogP contribution in [0.1, 0.15) is 6.42 Å². The summed E-state index contributed by atoms with van der Waals surface area (Å²) in [6.07, 6.45) is 6.58. The maximum absolute atomic E-state index is 14.5. The van der Waals surface area contributed by atoms with Gasteiger partial charge in [0.1, 0.15) is 17.5 Å². The Hall–Kier alpha value is -4.05. The normalized spacial score (nSPS) is 24.0. The Kier molecular flexibility index (Phi) is 6.40. The van der Waals surface area contributed by atoms with E-state index in [0.29, 0.717) is 48.9 Å². The van der Waals surface area contributed by atoms with Crippen molar-refractivity contribution >= 4 is 29.0 Å². The maximum Gasteiger partial charge on any atom is 0.229 e. The molecule has 2 heterocycles. The minimum Gasteiger partial charge on any atom is -0.378 e. The first-order valence-electron chi connectivity index (χ1n) is 12.7. The average molecular weight is 519 g/mol. The number of allylic oxidation sites excluding steroid dienone is 1. The van der Waals surface area contributed by atoms with Crippen LogP contribution in [0.5, 0.6) is 0 Å². The van der Waals surface area contributed by atoms with Crippen molar-refractivity contribution in [3.8, 4) is 11.1 Å². The van der Waals surface area contributed by atoms with E-state index >= 15 is 0 Å². The number of halogens is 2. The zero-order valence-electron chi connectivity index (χ0n) is 20.6. The Morgan fingerprint density at radius 3 is 2.66 bits per heavy atom. The fraction of sp³-hybridized carbons (Fsp3) is 0.321. The third-order valence-electron chi connectivity index (χ3n) is 7.53. The zero-order valence-corrected chi connectivity index (χ0v) is 20.6. The second-order valence-electron chi connectivity index (χ2n) is 9.94. The third-order valence-corrected chi connectivity index (χ3v) is 7.53. The van der Waals surface area contributed by atoms with Crippen LogP contribution in [0.15, 0.2) is 60.8 Å². The van der Waals surface area contributed by atoms with E-state index < -0.39 is 0 Å². The first-order chi connectivity index (χ1) is 18.4. The molecule has 1 amide bonds. The molecule has 1 aromatic heterocycles. The fourth-order valence-electron chi connectivity index (χ4n) is 5.76. The summed E-state index contributed by atoms with van der Waals surface area (Å²) in [7, 11) is 0. The Morgan fingerprint density at radius 1 is 1.05 bits per heavy atom.